The van der Waals surface area contributed by atoms with Gasteiger partial charge in [0.1, 0.15) is 5.78 Å². The summed E-state index contributed by atoms with van der Waals surface area (Å²) in [5.74, 6) is 5.58. The number of hydrogen-bond donors (Lipinski definition) is 0. The van der Waals surface area contributed by atoms with E-state index in [0.717, 1.165) is 36.0 Å². The molecule has 1 aliphatic rings. The van der Waals surface area contributed by atoms with Gasteiger partial charge in [0.2, 0.25) is 0 Å². The molecular weight excluding hydrogens is 336 g/mol. The molecule has 2 atom stereocenters. The topological polar surface area (TPSA) is 43.4 Å². The Hall–Kier alpha value is -2.86. The molecule has 1 aliphatic carbocycles. The quantitative estimate of drug-likeness (QED) is 0.607. The number of hydrogen-bond acceptors (Lipinski definition) is 3. The minimum absolute atomic E-state index is 0.185. The number of esters is 1. The highest BCUT2D eigenvalue weighted by Gasteiger charge is 2.35. The smallest absolute Gasteiger partial charge is 0.309 e. The molecule has 1 fully saturated rings. The molecule has 2 aromatic carbocycles. The minimum atomic E-state index is -0.442. The maximum atomic E-state index is 12.4. The molecule has 0 aliphatic heterocycles. The van der Waals surface area contributed by atoms with Gasteiger partial charge >= 0.3 is 5.97 Å². The Morgan fingerprint density at radius 1 is 1.07 bits per heavy atom. The third-order valence-corrected chi connectivity index (χ3v) is 5.16. The number of rotatable bonds is 4. The predicted octanol–water partition coefficient (Wildman–Crippen LogP) is 4.18. The summed E-state index contributed by atoms with van der Waals surface area (Å²) in [5, 5.41) is 0. The van der Waals surface area contributed by atoms with Gasteiger partial charge in [0.25, 0.3) is 0 Å². The lowest BCUT2D eigenvalue weighted by Gasteiger charge is -2.27. The van der Waals surface area contributed by atoms with E-state index < -0.39 is 5.92 Å². The van der Waals surface area contributed by atoms with Crippen molar-refractivity contribution in [3.63, 3.8) is 0 Å². The zero-order valence-electron chi connectivity index (χ0n) is 15.6. The molecule has 0 N–H and O–H groups in total. The van der Waals surface area contributed by atoms with Crippen LogP contribution in [0.2, 0.25) is 0 Å². The van der Waals surface area contributed by atoms with Crippen LogP contribution in [-0.2, 0) is 20.7 Å². The summed E-state index contributed by atoms with van der Waals surface area (Å²) in [6.45, 7) is 0. The maximum Gasteiger partial charge on any atom is 0.309 e. The van der Waals surface area contributed by atoms with Gasteiger partial charge in [-0.1, -0.05) is 54.7 Å². The molecule has 1 saturated carbocycles. The average molecular weight is 360 g/mol. The number of carbonyl (C=O) groups excluding carboxylic acids is 2. The van der Waals surface area contributed by atoms with Gasteiger partial charge in [0.05, 0.1) is 13.0 Å². The normalized spacial score (nSPS) is 17.5. The van der Waals surface area contributed by atoms with Crippen LogP contribution >= 0.6 is 0 Å². The van der Waals surface area contributed by atoms with E-state index in [1.165, 1.54) is 7.11 Å². The van der Waals surface area contributed by atoms with Crippen LogP contribution in [0, 0.1) is 23.7 Å². The van der Waals surface area contributed by atoms with Crippen LogP contribution in [0.3, 0.4) is 0 Å². The first-order valence-corrected chi connectivity index (χ1v) is 9.44. The fourth-order valence-electron chi connectivity index (χ4n) is 3.69. The zero-order valence-corrected chi connectivity index (χ0v) is 15.6. The predicted molar refractivity (Wildman–Crippen MR) is 105 cm³/mol. The molecule has 2 aromatic rings. The highest BCUT2D eigenvalue weighted by atomic mass is 16.5. The van der Waals surface area contributed by atoms with E-state index in [9.17, 15) is 9.59 Å². The van der Waals surface area contributed by atoms with Crippen LogP contribution in [0.4, 0.5) is 0 Å². The maximum absolute atomic E-state index is 12.4. The van der Waals surface area contributed by atoms with Crippen molar-refractivity contribution in [1.29, 1.82) is 0 Å². The molecule has 3 nitrogen and oxygen atoms in total. The first-order chi connectivity index (χ1) is 13.2. The Labute approximate surface area is 160 Å². The fourth-order valence-corrected chi connectivity index (χ4v) is 3.69. The van der Waals surface area contributed by atoms with Crippen LogP contribution in [0.5, 0.6) is 0 Å². The van der Waals surface area contributed by atoms with Crippen molar-refractivity contribution in [2.75, 3.05) is 7.11 Å². The summed E-state index contributed by atoms with van der Waals surface area (Å²) in [4.78, 5) is 24.8. The molecule has 0 saturated heterocycles. The Morgan fingerprint density at radius 3 is 2.56 bits per heavy atom. The Kier molecular flexibility index (Phi) is 6.44. The number of ketones is 1. The van der Waals surface area contributed by atoms with Crippen molar-refractivity contribution in [2.45, 2.75) is 32.1 Å². The molecule has 3 rings (SSSR count). The monoisotopic (exact) mass is 360 g/mol. The standard InChI is InChI=1S/C24H24O3/c1-27-24(26)22(21-13-7-8-14-23(21)25)17-20-12-6-5-11-19(20)16-15-18-9-3-2-4-10-18/h2-6,9-12,21-22H,7-8,13-14,17H2,1H3/t21-,22+/m1/s1. The lowest BCUT2D eigenvalue weighted by Crippen LogP contribution is -2.34. The number of methoxy groups -OCH3 is 1. The molecule has 27 heavy (non-hydrogen) atoms. The van der Waals surface area contributed by atoms with Crippen molar-refractivity contribution in [3.05, 3.63) is 71.3 Å². The molecule has 138 valence electrons. The van der Waals surface area contributed by atoms with Crippen molar-refractivity contribution in [2.24, 2.45) is 11.8 Å². The lowest BCUT2D eigenvalue weighted by molar-refractivity contribution is -0.150. The summed E-state index contributed by atoms with van der Waals surface area (Å²) < 4.78 is 5.03. The fraction of sp³-hybridized carbons (Fsp3) is 0.333. The first kappa shape index (κ1) is 18.9. The Bertz CT molecular complexity index is 858. The minimum Gasteiger partial charge on any atom is -0.469 e. The lowest BCUT2D eigenvalue weighted by atomic mass is 9.76. The van der Waals surface area contributed by atoms with E-state index in [0.29, 0.717) is 12.8 Å². The average Bonchev–Trinajstić information content (AvgIpc) is 2.72. The molecule has 0 radical (unpaired) electrons. The zero-order chi connectivity index (χ0) is 19.1. The van der Waals surface area contributed by atoms with Gasteiger partial charge in [0.15, 0.2) is 0 Å². The van der Waals surface area contributed by atoms with Crippen LogP contribution in [-0.4, -0.2) is 18.9 Å². The summed E-state index contributed by atoms with van der Waals surface area (Å²) in [6, 6.07) is 17.6. The van der Waals surface area contributed by atoms with E-state index in [4.69, 9.17) is 4.74 Å². The van der Waals surface area contributed by atoms with Crippen LogP contribution < -0.4 is 0 Å². The second-order valence-corrected chi connectivity index (χ2v) is 6.93. The highest BCUT2D eigenvalue weighted by molar-refractivity contribution is 5.87. The molecule has 0 amide bonds. The summed E-state index contributed by atoms with van der Waals surface area (Å²) >= 11 is 0. The summed E-state index contributed by atoms with van der Waals surface area (Å²) in [5.41, 5.74) is 2.81. The van der Waals surface area contributed by atoms with E-state index in [2.05, 4.69) is 11.8 Å². The van der Waals surface area contributed by atoms with Gasteiger partial charge in [-0.15, -0.1) is 0 Å². The molecule has 0 bridgehead atoms. The first-order valence-electron chi connectivity index (χ1n) is 9.44. The van der Waals surface area contributed by atoms with Gasteiger partial charge in [-0.2, -0.15) is 0 Å². The largest absolute Gasteiger partial charge is 0.469 e. The SMILES string of the molecule is COC(=O)[C@@H](Cc1ccccc1C#Cc1ccccc1)[C@H]1CCCCC1=O. The molecular formula is C24H24O3. The second-order valence-electron chi connectivity index (χ2n) is 6.93. The van der Waals surface area contributed by atoms with Crippen molar-refractivity contribution < 1.29 is 14.3 Å². The van der Waals surface area contributed by atoms with Gasteiger partial charge in [-0.25, -0.2) is 0 Å². The Morgan fingerprint density at radius 2 is 1.81 bits per heavy atom. The molecule has 0 spiro atoms. The molecule has 0 aromatic heterocycles. The van der Waals surface area contributed by atoms with E-state index >= 15 is 0 Å². The van der Waals surface area contributed by atoms with Crippen molar-refractivity contribution >= 4 is 11.8 Å². The molecule has 3 heteroatoms. The van der Waals surface area contributed by atoms with Gasteiger partial charge in [-0.3, -0.25) is 9.59 Å². The number of Topliss-reactive ketones (excluding diaryl/α,β-unsaturated/α-hetero) is 1. The number of ether oxygens (including phenoxy) is 1. The van der Waals surface area contributed by atoms with E-state index in [1.807, 2.05) is 54.6 Å². The van der Waals surface area contributed by atoms with Gasteiger partial charge in [-0.05, 0) is 43.0 Å². The molecule has 0 unspecified atom stereocenters. The Balaban J connectivity index is 1.87. The van der Waals surface area contributed by atoms with Crippen LogP contribution in [0.25, 0.3) is 0 Å². The van der Waals surface area contributed by atoms with Gasteiger partial charge in [0, 0.05) is 23.5 Å². The summed E-state index contributed by atoms with van der Waals surface area (Å²) in [7, 11) is 1.39. The highest BCUT2D eigenvalue weighted by Crippen LogP contribution is 2.31. The summed E-state index contributed by atoms with van der Waals surface area (Å²) in [6.07, 6.45) is 3.70. The third kappa shape index (κ3) is 4.86. The van der Waals surface area contributed by atoms with Crippen LogP contribution in [0.15, 0.2) is 54.6 Å². The number of benzene rings is 2. The van der Waals surface area contributed by atoms with E-state index in [1.54, 1.807) is 0 Å². The third-order valence-electron chi connectivity index (χ3n) is 5.16. The van der Waals surface area contributed by atoms with Gasteiger partial charge < -0.3 is 4.74 Å². The van der Waals surface area contributed by atoms with Crippen LogP contribution in [0.1, 0.15) is 42.4 Å². The van der Waals surface area contributed by atoms with Crippen molar-refractivity contribution in [3.8, 4) is 11.8 Å². The number of carbonyl (C=O) groups is 2. The van der Waals surface area contributed by atoms with Crippen molar-refractivity contribution in [1.82, 2.24) is 0 Å². The second kappa shape index (κ2) is 9.19. The van der Waals surface area contributed by atoms with E-state index in [-0.39, 0.29) is 17.7 Å². The molecule has 0 heterocycles.